The molecule has 1 aromatic rings. The summed E-state index contributed by atoms with van der Waals surface area (Å²) in [4.78, 5) is 11.5. The van der Waals surface area contributed by atoms with Crippen LogP contribution >= 0.6 is 0 Å². The molecule has 0 aliphatic rings. The van der Waals surface area contributed by atoms with Crippen LogP contribution in [0.2, 0.25) is 0 Å². The van der Waals surface area contributed by atoms with E-state index in [1.54, 1.807) is 12.1 Å². The van der Waals surface area contributed by atoms with Gasteiger partial charge in [0.05, 0.1) is 4.90 Å². The number of anilines is 1. The maximum Gasteiger partial charge on any atom is 0.250 e. The Morgan fingerprint density at radius 3 is 2.45 bits per heavy atom. The number of carbonyl (C=O) groups excluding carboxylic acids is 1. The van der Waals surface area contributed by atoms with Crippen molar-refractivity contribution in [1.82, 2.24) is 4.72 Å². The Morgan fingerprint density at radius 2 is 1.90 bits per heavy atom. The summed E-state index contributed by atoms with van der Waals surface area (Å²) in [6.07, 6.45) is 1.72. The minimum Gasteiger partial charge on any atom is -0.375 e. The predicted molar refractivity (Wildman–Crippen MR) is 77.0 cm³/mol. The molecule has 1 amide bonds. The average Bonchev–Trinajstić information content (AvgIpc) is 2.39. The molecule has 1 rings (SSSR count). The van der Waals surface area contributed by atoms with Crippen molar-refractivity contribution in [3.8, 4) is 0 Å². The van der Waals surface area contributed by atoms with Crippen LogP contribution in [0, 0.1) is 0 Å². The van der Waals surface area contributed by atoms with Crippen LogP contribution in [-0.4, -0.2) is 34.6 Å². The number of nitrogens with one attached hydrogen (secondary N) is 2. The van der Waals surface area contributed by atoms with Crippen molar-refractivity contribution < 1.29 is 17.9 Å². The topological polar surface area (TPSA) is 84.5 Å². The summed E-state index contributed by atoms with van der Waals surface area (Å²) < 4.78 is 31.1. The highest BCUT2D eigenvalue weighted by Crippen LogP contribution is 2.14. The summed E-state index contributed by atoms with van der Waals surface area (Å²) in [5.41, 5.74) is 0.527. The molecular formula is C13H20N2O4S. The lowest BCUT2D eigenvalue weighted by Gasteiger charge is -2.08. The van der Waals surface area contributed by atoms with E-state index >= 15 is 0 Å². The van der Waals surface area contributed by atoms with Gasteiger partial charge in [0.15, 0.2) is 0 Å². The number of amides is 1. The van der Waals surface area contributed by atoms with Gasteiger partial charge in [0.2, 0.25) is 15.9 Å². The molecule has 7 heteroatoms. The fourth-order valence-electron chi connectivity index (χ4n) is 1.51. The Bertz CT molecular complexity index is 526. The van der Waals surface area contributed by atoms with Crippen molar-refractivity contribution >= 4 is 21.6 Å². The second-order valence-electron chi connectivity index (χ2n) is 4.26. The summed E-state index contributed by atoms with van der Waals surface area (Å²) in [6, 6.07) is 6.00. The van der Waals surface area contributed by atoms with Crippen molar-refractivity contribution in [1.29, 1.82) is 0 Å². The summed E-state index contributed by atoms with van der Waals surface area (Å²) in [5, 5.41) is 2.59. The van der Waals surface area contributed by atoms with Gasteiger partial charge in [-0.25, -0.2) is 13.1 Å². The molecule has 20 heavy (non-hydrogen) atoms. The van der Waals surface area contributed by atoms with Crippen LogP contribution in [0.1, 0.15) is 19.8 Å². The number of rotatable bonds is 8. The second-order valence-corrected chi connectivity index (χ2v) is 6.02. The van der Waals surface area contributed by atoms with Gasteiger partial charge in [-0.2, -0.15) is 0 Å². The van der Waals surface area contributed by atoms with E-state index in [4.69, 9.17) is 4.74 Å². The molecule has 0 fully saturated rings. The van der Waals surface area contributed by atoms with E-state index in [2.05, 4.69) is 10.0 Å². The largest absolute Gasteiger partial charge is 0.375 e. The minimum absolute atomic E-state index is 0.0430. The molecule has 1 aromatic carbocycles. The number of hydrogen-bond donors (Lipinski definition) is 2. The Balaban J connectivity index is 2.68. The van der Waals surface area contributed by atoms with Gasteiger partial charge >= 0.3 is 0 Å². The zero-order valence-corrected chi connectivity index (χ0v) is 12.5. The zero-order valence-electron chi connectivity index (χ0n) is 11.7. The van der Waals surface area contributed by atoms with Gasteiger partial charge in [-0.15, -0.1) is 0 Å². The van der Waals surface area contributed by atoms with Crippen LogP contribution in [0.25, 0.3) is 0 Å². The maximum atomic E-state index is 11.9. The van der Waals surface area contributed by atoms with Gasteiger partial charge in [0.25, 0.3) is 0 Å². The fourth-order valence-corrected chi connectivity index (χ4v) is 2.59. The normalized spacial score (nSPS) is 11.3. The maximum absolute atomic E-state index is 11.9. The third-order valence-corrected chi connectivity index (χ3v) is 4.02. The quantitative estimate of drug-likeness (QED) is 0.710. The molecule has 0 aliphatic carbocycles. The average molecular weight is 300 g/mol. The van der Waals surface area contributed by atoms with Crippen molar-refractivity contribution in [2.75, 3.05) is 25.6 Å². The lowest BCUT2D eigenvalue weighted by Crippen LogP contribution is -2.24. The molecule has 0 unspecified atom stereocenters. The summed E-state index contributed by atoms with van der Waals surface area (Å²) >= 11 is 0. The van der Waals surface area contributed by atoms with Crippen LogP contribution in [0.3, 0.4) is 0 Å². The van der Waals surface area contributed by atoms with Gasteiger partial charge in [-0.3, -0.25) is 4.79 Å². The van der Waals surface area contributed by atoms with Gasteiger partial charge < -0.3 is 10.1 Å². The molecule has 0 spiro atoms. The summed E-state index contributed by atoms with van der Waals surface area (Å²) in [6.45, 7) is 2.37. The van der Waals surface area contributed by atoms with Crippen LogP contribution in [0.5, 0.6) is 0 Å². The van der Waals surface area contributed by atoms with E-state index in [0.29, 0.717) is 12.2 Å². The molecule has 0 radical (unpaired) electrons. The van der Waals surface area contributed by atoms with Crippen LogP contribution < -0.4 is 10.0 Å². The first-order chi connectivity index (χ1) is 9.49. The van der Waals surface area contributed by atoms with E-state index in [1.165, 1.54) is 19.2 Å². The molecule has 0 saturated carbocycles. The van der Waals surface area contributed by atoms with Crippen LogP contribution in [0.15, 0.2) is 29.2 Å². The predicted octanol–water partition coefficient (Wildman–Crippen LogP) is 1.35. The second kappa shape index (κ2) is 7.98. The Labute approximate surface area is 119 Å². The molecule has 0 bridgehead atoms. The molecule has 0 aliphatic heterocycles. The molecule has 2 N–H and O–H groups in total. The highest BCUT2D eigenvalue weighted by Gasteiger charge is 2.13. The molecule has 6 nitrogen and oxygen atoms in total. The fraction of sp³-hybridized carbons (Fsp3) is 0.462. The third-order valence-electron chi connectivity index (χ3n) is 2.55. The van der Waals surface area contributed by atoms with E-state index in [9.17, 15) is 13.2 Å². The molecule has 0 aromatic heterocycles. The number of ether oxygens (including phenoxy) is 1. The number of carbonyl (C=O) groups is 1. The third kappa shape index (κ3) is 5.28. The number of methoxy groups -OCH3 is 1. The first-order valence-electron chi connectivity index (χ1n) is 6.38. The lowest BCUT2D eigenvalue weighted by molar-refractivity contribution is -0.119. The van der Waals surface area contributed by atoms with Crippen molar-refractivity contribution in [2.24, 2.45) is 0 Å². The van der Waals surface area contributed by atoms with Crippen LogP contribution in [-0.2, 0) is 19.6 Å². The van der Waals surface area contributed by atoms with Crippen molar-refractivity contribution in [3.63, 3.8) is 0 Å². The van der Waals surface area contributed by atoms with E-state index < -0.39 is 10.0 Å². The molecule has 0 saturated heterocycles. The van der Waals surface area contributed by atoms with Gasteiger partial charge in [0, 0.05) is 19.3 Å². The standard InChI is InChI=1S/C13H20N2O4S/c1-3-4-9-14-20(17,18)12-7-5-11(6-8-12)15-13(16)10-19-2/h5-8,14H,3-4,9-10H2,1-2H3,(H,15,16). The Morgan fingerprint density at radius 1 is 1.25 bits per heavy atom. The van der Waals surface area contributed by atoms with Gasteiger partial charge in [0.1, 0.15) is 6.61 Å². The van der Waals surface area contributed by atoms with E-state index in [0.717, 1.165) is 12.8 Å². The highest BCUT2D eigenvalue weighted by atomic mass is 32.2. The summed E-state index contributed by atoms with van der Waals surface area (Å²) in [5.74, 6) is -0.288. The number of sulfonamides is 1. The van der Waals surface area contributed by atoms with Gasteiger partial charge in [-0.1, -0.05) is 13.3 Å². The first kappa shape index (κ1) is 16.6. The monoisotopic (exact) mass is 300 g/mol. The molecule has 0 heterocycles. The SMILES string of the molecule is CCCCNS(=O)(=O)c1ccc(NC(=O)COC)cc1. The van der Waals surface area contributed by atoms with Gasteiger partial charge in [-0.05, 0) is 30.7 Å². The minimum atomic E-state index is -3.48. The highest BCUT2D eigenvalue weighted by molar-refractivity contribution is 7.89. The number of unbranched alkanes of at least 4 members (excludes halogenated alkanes) is 1. The first-order valence-corrected chi connectivity index (χ1v) is 7.86. The van der Waals surface area contributed by atoms with Crippen molar-refractivity contribution in [3.05, 3.63) is 24.3 Å². The zero-order chi connectivity index (χ0) is 15.0. The molecular weight excluding hydrogens is 280 g/mol. The lowest BCUT2D eigenvalue weighted by atomic mass is 10.3. The molecule has 112 valence electrons. The number of benzene rings is 1. The smallest absolute Gasteiger partial charge is 0.250 e. The number of hydrogen-bond acceptors (Lipinski definition) is 4. The van der Waals surface area contributed by atoms with E-state index in [-0.39, 0.29) is 17.4 Å². The summed E-state index contributed by atoms with van der Waals surface area (Å²) in [7, 11) is -2.05. The van der Waals surface area contributed by atoms with E-state index in [1.807, 2.05) is 6.92 Å². The molecule has 0 atom stereocenters. The Hall–Kier alpha value is -1.44. The van der Waals surface area contributed by atoms with Crippen molar-refractivity contribution in [2.45, 2.75) is 24.7 Å². The van der Waals surface area contributed by atoms with Crippen LogP contribution in [0.4, 0.5) is 5.69 Å². The Kier molecular flexibility index (Phi) is 6.63.